The molecule has 5 N–H and O–H groups in total. The topological polar surface area (TPSA) is 143 Å². The SMILES string of the molecule is CCCC(O)(O)O.N=C=O.N=C=O. The van der Waals surface area contributed by atoms with Crippen LogP contribution in [0.15, 0.2) is 0 Å². The van der Waals surface area contributed by atoms with Crippen molar-refractivity contribution < 1.29 is 24.9 Å². The summed E-state index contributed by atoms with van der Waals surface area (Å²) in [5.74, 6) is -2.45. The minimum atomic E-state index is -2.45. The second kappa shape index (κ2) is 13.2. The van der Waals surface area contributed by atoms with Gasteiger partial charge in [-0.25, -0.2) is 20.4 Å². The van der Waals surface area contributed by atoms with Crippen LogP contribution in [-0.4, -0.2) is 33.5 Å². The summed E-state index contributed by atoms with van der Waals surface area (Å²) < 4.78 is 0. The summed E-state index contributed by atoms with van der Waals surface area (Å²) >= 11 is 0. The summed E-state index contributed by atoms with van der Waals surface area (Å²) in [7, 11) is 0. The van der Waals surface area contributed by atoms with Gasteiger partial charge in [0.25, 0.3) is 5.97 Å². The van der Waals surface area contributed by atoms with E-state index in [-0.39, 0.29) is 6.42 Å². The van der Waals surface area contributed by atoms with Gasteiger partial charge in [0, 0.05) is 6.42 Å². The van der Waals surface area contributed by atoms with Crippen LogP contribution < -0.4 is 0 Å². The smallest absolute Gasteiger partial charge is 0.275 e. The van der Waals surface area contributed by atoms with E-state index in [9.17, 15) is 0 Å². The van der Waals surface area contributed by atoms with Crippen LogP contribution in [0.1, 0.15) is 19.8 Å². The average molecular weight is 192 g/mol. The van der Waals surface area contributed by atoms with Crippen molar-refractivity contribution in [1.29, 1.82) is 10.8 Å². The van der Waals surface area contributed by atoms with Crippen LogP contribution in [0.2, 0.25) is 0 Å². The Bertz CT molecular complexity index is 150. The quantitative estimate of drug-likeness (QED) is 0.221. The first-order valence-corrected chi connectivity index (χ1v) is 3.14. The van der Waals surface area contributed by atoms with Crippen molar-refractivity contribution in [2.24, 2.45) is 0 Å². The molecule has 0 fully saturated rings. The normalized spacial score (nSPS) is 7.69. The Morgan fingerprint density at radius 2 is 1.38 bits per heavy atom. The van der Waals surface area contributed by atoms with Gasteiger partial charge in [-0.15, -0.1) is 0 Å². The number of hydrogen-bond acceptors (Lipinski definition) is 7. The van der Waals surface area contributed by atoms with Crippen LogP contribution in [0.5, 0.6) is 0 Å². The van der Waals surface area contributed by atoms with E-state index in [4.69, 9.17) is 35.7 Å². The summed E-state index contributed by atoms with van der Waals surface area (Å²) in [6, 6.07) is 0. The number of hydrogen-bond donors (Lipinski definition) is 5. The molecule has 0 aliphatic heterocycles. The molecule has 0 amide bonds. The Labute approximate surface area is 74.7 Å². The van der Waals surface area contributed by atoms with E-state index in [1.165, 1.54) is 0 Å². The molecule has 7 heteroatoms. The van der Waals surface area contributed by atoms with Gasteiger partial charge >= 0.3 is 0 Å². The van der Waals surface area contributed by atoms with Gasteiger partial charge in [-0.3, -0.25) is 0 Å². The van der Waals surface area contributed by atoms with E-state index in [0.717, 1.165) is 12.2 Å². The molecule has 7 nitrogen and oxygen atoms in total. The molecule has 0 bridgehead atoms. The summed E-state index contributed by atoms with van der Waals surface area (Å²) in [5, 5.41) is 35.2. The molecule has 0 saturated carbocycles. The molecule has 0 unspecified atom stereocenters. The second-order valence-electron chi connectivity index (χ2n) is 1.73. The fourth-order valence-electron chi connectivity index (χ4n) is 0.335. The van der Waals surface area contributed by atoms with E-state index in [1.54, 1.807) is 6.92 Å². The van der Waals surface area contributed by atoms with Crippen molar-refractivity contribution in [2.45, 2.75) is 25.7 Å². The molecule has 0 aromatic heterocycles. The highest BCUT2D eigenvalue weighted by Gasteiger charge is 2.14. The van der Waals surface area contributed by atoms with E-state index in [0.29, 0.717) is 6.42 Å². The van der Waals surface area contributed by atoms with Crippen LogP contribution >= 0.6 is 0 Å². The van der Waals surface area contributed by atoms with Gasteiger partial charge in [0.15, 0.2) is 0 Å². The standard InChI is InChI=1S/C4H10O3.2CHNO/c1-2-3-4(5,6)7;2*2-1-3/h5-7H,2-3H2,1H3;2*2H. The van der Waals surface area contributed by atoms with Gasteiger partial charge < -0.3 is 15.3 Å². The maximum absolute atomic E-state index is 8.35. The summed E-state index contributed by atoms with van der Waals surface area (Å²) in [6.07, 6.45) is 2.07. The van der Waals surface area contributed by atoms with Crippen LogP contribution in [0.4, 0.5) is 0 Å². The third kappa shape index (κ3) is 114. The molecule has 0 aromatic carbocycles. The molecule has 0 heterocycles. The predicted octanol–water partition coefficient (Wildman–Crippen LogP) is -0.781. The number of nitrogens with one attached hydrogen (secondary N) is 2. The van der Waals surface area contributed by atoms with E-state index < -0.39 is 5.97 Å². The zero-order chi connectivity index (χ0) is 11.3. The third-order valence-electron chi connectivity index (χ3n) is 0.585. The lowest BCUT2D eigenvalue weighted by Crippen LogP contribution is -2.26. The summed E-state index contributed by atoms with van der Waals surface area (Å²) in [5.41, 5.74) is 0. The first-order valence-electron chi connectivity index (χ1n) is 3.14. The molecule has 0 aromatic rings. The van der Waals surface area contributed by atoms with Crippen LogP contribution in [0, 0.1) is 10.8 Å². The second-order valence-corrected chi connectivity index (χ2v) is 1.73. The molecule has 76 valence electrons. The molecule has 0 radical (unpaired) electrons. The molecule has 0 rings (SSSR count). The highest BCUT2D eigenvalue weighted by atomic mass is 16.7. The fraction of sp³-hybridized carbons (Fsp3) is 0.667. The van der Waals surface area contributed by atoms with Gasteiger partial charge in [-0.05, 0) is 6.42 Å². The van der Waals surface area contributed by atoms with Gasteiger partial charge in [0.2, 0.25) is 12.2 Å². The zero-order valence-electron chi connectivity index (χ0n) is 7.07. The van der Waals surface area contributed by atoms with Crippen molar-refractivity contribution in [3.8, 4) is 0 Å². The lowest BCUT2D eigenvalue weighted by Gasteiger charge is -2.10. The number of isocyanates is 2. The maximum Gasteiger partial charge on any atom is 0.275 e. The Morgan fingerprint density at radius 3 is 1.38 bits per heavy atom. The van der Waals surface area contributed by atoms with Gasteiger partial charge in [0.1, 0.15) is 0 Å². The Hall–Kier alpha value is -1.36. The Kier molecular flexibility index (Phi) is 18.0. The summed E-state index contributed by atoms with van der Waals surface area (Å²) in [6.45, 7) is 1.75. The number of carbonyl (C=O) groups excluding carboxylic acids is 2. The van der Waals surface area contributed by atoms with E-state index in [2.05, 4.69) is 0 Å². The van der Waals surface area contributed by atoms with Gasteiger partial charge in [-0.2, -0.15) is 0 Å². The fourth-order valence-corrected chi connectivity index (χ4v) is 0.335. The molecule has 13 heavy (non-hydrogen) atoms. The van der Waals surface area contributed by atoms with Crippen molar-refractivity contribution in [2.75, 3.05) is 0 Å². The van der Waals surface area contributed by atoms with Crippen LogP contribution in [0.3, 0.4) is 0 Å². The molecular formula is C6H12N2O5. The minimum Gasteiger partial charge on any atom is -0.344 e. The van der Waals surface area contributed by atoms with E-state index >= 15 is 0 Å². The monoisotopic (exact) mass is 192 g/mol. The lowest BCUT2D eigenvalue weighted by molar-refractivity contribution is -0.314. The molecule has 0 aliphatic carbocycles. The molecule has 0 atom stereocenters. The Balaban J connectivity index is -0.000000140. The number of aliphatic hydroxyl groups is 3. The van der Waals surface area contributed by atoms with Crippen molar-refractivity contribution in [3.05, 3.63) is 0 Å². The first kappa shape index (κ1) is 17.7. The molecule has 0 aliphatic rings. The van der Waals surface area contributed by atoms with Crippen molar-refractivity contribution in [3.63, 3.8) is 0 Å². The minimum absolute atomic E-state index is 0.00694. The lowest BCUT2D eigenvalue weighted by atomic mass is 10.3. The summed E-state index contributed by atoms with van der Waals surface area (Å²) in [4.78, 5) is 16.7. The van der Waals surface area contributed by atoms with E-state index in [1.807, 2.05) is 0 Å². The van der Waals surface area contributed by atoms with Crippen molar-refractivity contribution in [1.82, 2.24) is 0 Å². The maximum atomic E-state index is 8.35. The van der Waals surface area contributed by atoms with Crippen molar-refractivity contribution >= 4 is 12.2 Å². The van der Waals surface area contributed by atoms with Crippen LogP contribution in [-0.2, 0) is 9.59 Å². The zero-order valence-corrected chi connectivity index (χ0v) is 7.07. The molecule has 0 saturated heterocycles. The van der Waals surface area contributed by atoms with Gasteiger partial charge in [-0.1, -0.05) is 6.92 Å². The Morgan fingerprint density at radius 1 is 1.15 bits per heavy atom. The molecular weight excluding hydrogens is 180 g/mol. The van der Waals surface area contributed by atoms with Crippen LogP contribution in [0.25, 0.3) is 0 Å². The van der Waals surface area contributed by atoms with Gasteiger partial charge in [0.05, 0.1) is 0 Å². The highest BCUT2D eigenvalue weighted by Crippen LogP contribution is 2.01. The third-order valence-corrected chi connectivity index (χ3v) is 0.585. The predicted molar refractivity (Wildman–Crippen MR) is 41.1 cm³/mol. The highest BCUT2D eigenvalue weighted by molar-refractivity contribution is 5.26. The number of rotatable bonds is 2. The largest absolute Gasteiger partial charge is 0.344 e. The average Bonchev–Trinajstić information content (AvgIpc) is 1.87. The first-order chi connectivity index (χ1) is 5.89. The molecule has 0 spiro atoms.